The fourth-order valence-corrected chi connectivity index (χ4v) is 3.37. The van der Waals surface area contributed by atoms with Crippen molar-refractivity contribution >= 4 is 5.91 Å². The van der Waals surface area contributed by atoms with Crippen LogP contribution in [0.3, 0.4) is 0 Å². The summed E-state index contributed by atoms with van der Waals surface area (Å²) in [5, 5.41) is 6.93. The van der Waals surface area contributed by atoms with E-state index in [-0.39, 0.29) is 23.7 Å². The van der Waals surface area contributed by atoms with E-state index in [1.54, 1.807) is 13.1 Å². The van der Waals surface area contributed by atoms with E-state index in [2.05, 4.69) is 15.4 Å². The number of hydrogen-bond donors (Lipinski definition) is 1. The first-order valence-electron chi connectivity index (χ1n) is 10.4. The lowest BCUT2D eigenvalue weighted by atomic mass is 10.2. The first-order valence-corrected chi connectivity index (χ1v) is 10.4. The van der Waals surface area contributed by atoms with Crippen LogP contribution < -0.4 is 10.1 Å². The molecule has 0 unspecified atom stereocenters. The molecule has 0 aliphatic carbocycles. The summed E-state index contributed by atoms with van der Waals surface area (Å²) in [5.74, 6) is 0.265. The van der Waals surface area contributed by atoms with Gasteiger partial charge in [0.15, 0.2) is 0 Å². The minimum Gasteiger partial charge on any atom is -0.487 e. The smallest absolute Gasteiger partial charge is 0.416 e. The Bertz CT molecular complexity index is 1290. The maximum absolute atomic E-state index is 13.0. The third-order valence-corrected chi connectivity index (χ3v) is 5.14. The number of carbonyl (C=O) groups excluding carboxylic acids is 1. The summed E-state index contributed by atoms with van der Waals surface area (Å²) < 4.78 is 46.2. The largest absolute Gasteiger partial charge is 0.487 e. The maximum Gasteiger partial charge on any atom is 0.416 e. The lowest BCUT2D eigenvalue weighted by molar-refractivity contribution is -0.137. The number of hydrogen-bond acceptors (Lipinski definition) is 4. The summed E-state index contributed by atoms with van der Waals surface area (Å²) in [5.41, 5.74) is 1.79. The fraction of sp³-hybridized carbons (Fsp3) is 0.160. The van der Waals surface area contributed by atoms with Crippen LogP contribution in [0.1, 0.15) is 32.9 Å². The Balaban J connectivity index is 1.41. The van der Waals surface area contributed by atoms with Gasteiger partial charge in [-0.05, 0) is 55.0 Å². The summed E-state index contributed by atoms with van der Waals surface area (Å²) in [6.07, 6.45) is -1.42. The number of rotatable bonds is 7. The Hall–Kier alpha value is -4.14. The van der Waals surface area contributed by atoms with Crippen molar-refractivity contribution in [3.05, 3.63) is 107 Å². The lowest BCUT2D eigenvalue weighted by Gasteiger charge is -2.11. The number of nitrogens with zero attached hydrogens (tertiary/aromatic N) is 3. The second-order valence-corrected chi connectivity index (χ2v) is 7.54. The second kappa shape index (κ2) is 9.78. The molecular weight excluding hydrogens is 445 g/mol. The molecule has 2 heterocycles. The molecule has 6 nitrogen and oxygen atoms in total. The van der Waals surface area contributed by atoms with Gasteiger partial charge in [0.2, 0.25) is 0 Å². The summed E-state index contributed by atoms with van der Waals surface area (Å²) in [6, 6.07) is 17.7. The Morgan fingerprint density at radius 3 is 2.65 bits per heavy atom. The van der Waals surface area contributed by atoms with Crippen LogP contribution in [-0.2, 0) is 19.3 Å². The number of carbonyl (C=O) groups is 1. The number of amides is 1. The molecule has 0 saturated carbocycles. The van der Waals surface area contributed by atoms with Gasteiger partial charge in [-0.25, -0.2) is 4.68 Å². The standard InChI is InChI=1S/C25H21F3N4O2/c1-17-23(15-31-32(17)21-9-5-7-19(13-21)25(26,27)28)24(33)30-14-18-6-4-10-22(12-18)34-16-20-8-2-3-11-29-20/h2-13,15H,14,16H2,1H3,(H,30,33). The van der Waals surface area contributed by atoms with Gasteiger partial charge in [-0.15, -0.1) is 0 Å². The van der Waals surface area contributed by atoms with Crippen molar-refractivity contribution in [2.24, 2.45) is 0 Å². The average molecular weight is 466 g/mol. The van der Waals surface area contributed by atoms with Crippen LogP contribution >= 0.6 is 0 Å². The molecule has 4 aromatic rings. The van der Waals surface area contributed by atoms with Crippen molar-refractivity contribution in [3.63, 3.8) is 0 Å². The molecule has 0 fully saturated rings. The number of pyridine rings is 1. The Labute approximate surface area is 194 Å². The van der Waals surface area contributed by atoms with E-state index in [1.807, 2.05) is 42.5 Å². The third-order valence-electron chi connectivity index (χ3n) is 5.14. The van der Waals surface area contributed by atoms with E-state index in [1.165, 1.54) is 23.0 Å². The number of nitrogens with one attached hydrogen (secondary N) is 1. The van der Waals surface area contributed by atoms with Gasteiger partial charge in [0, 0.05) is 12.7 Å². The van der Waals surface area contributed by atoms with Crippen LogP contribution in [0, 0.1) is 6.92 Å². The van der Waals surface area contributed by atoms with Gasteiger partial charge in [-0.2, -0.15) is 18.3 Å². The Morgan fingerprint density at radius 1 is 1.06 bits per heavy atom. The van der Waals surface area contributed by atoms with Gasteiger partial charge in [0.1, 0.15) is 12.4 Å². The molecule has 0 bridgehead atoms. The molecule has 0 radical (unpaired) electrons. The van der Waals surface area contributed by atoms with Crippen molar-refractivity contribution in [1.82, 2.24) is 20.1 Å². The van der Waals surface area contributed by atoms with E-state index in [0.29, 0.717) is 18.1 Å². The summed E-state index contributed by atoms with van der Waals surface area (Å²) in [4.78, 5) is 16.9. The molecule has 0 aliphatic rings. The monoisotopic (exact) mass is 466 g/mol. The number of halogens is 3. The van der Waals surface area contributed by atoms with Crippen molar-refractivity contribution in [2.75, 3.05) is 0 Å². The second-order valence-electron chi connectivity index (χ2n) is 7.54. The van der Waals surface area contributed by atoms with E-state index < -0.39 is 11.7 Å². The zero-order chi connectivity index (χ0) is 24.1. The molecular formula is C25H21F3N4O2. The SMILES string of the molecule is Cc1c(C(=O)NCc2cccc(OCc3ccccn3)c2)cnn1-c1cccc(C(F)(F)F)c1. The zero-order valence-corrected chi connectivity index (χ0v) is 18.2. The summed E-state index contributed by atoms with van der Waals surface area (Å²) in [6.45, 7) is 2.20. The van der Waals surface area contributed by atoms with Crippen LogP contribution in [0.15, 0.2) is 79.1 Å². The average Bonchev–Trinajstić information content (AvgIpc) is 3.23. The van der Waals surface area contributed by atoms with Crippen molar-refractivity contribution in [2.45, 2.75) is 26.3 Å². The fourth-order valence-electron chi connectivity index (χ4n) is 3.37. The highest BCUT2D eigenvalue weighted by atomic mass is 19.4. The zero-order valence-electron chi connectivity index (χ0n) is 18.2. The third kappa shape index (κ3) is 5.43. The first kappa shape index (κ1) is 23.0. The molecule has 9 heteroatoms. The van der Waals surface area contributed by atoms with Gasteiger partial charge in [0.25, 0.3) is 5.91 Å². The molecule has 0 saturated heterocycles. The minimum atomic E-state index is -4.47. The molecule has 0 atom stereocenters. The molecule has 0 aliphatic heterocycles. The molecule has 0 spiro atoms. The normalized spacial score (nSPS) is 11.3. The molecule has 4 rings (SSSR count). The van der Waals surface area contributed by atoms with Crippen molar-refractivity contribution in [1.29, 1.82) is 0 Å². The van der Waals surface area contributed by atoms with E-state index in [0.717, 1.165) is 23.4 Å². The molecule has 1 amide bonds. The van der Waals surface area contributed by atoms with Crippen LogP contribution in [-0.4, -0.2) is 20.7 Å². The number of alkyl halides is 3. The predicted molar refractivity (Wildman–Crippen MR) is 119 cm³/mol. The van der Waals surface area contributed by atoms with Crippen LogP contribution in [0.4, 0.5) is 13.2 Å². The van der Waals surface area contributed by atoms with Crippen molar-refractivity contribution in [3.8, 4) is 11.4 Å². The number of aromatic nitrogens is 3. The summed E-state index contributed by atoms with van der Waals surface area (Å²) in [7, 11) is 0. The van der Waals surface area contributed by atoms with Gasteiger partial charge >= 0.3 is 6.18 Å². The van der Waals surface area contributed by atoms with Crippen molar-refractivity contribution < 1.29 is 22.7 Å². The highest BCUT2D eigenvalue weighted by Gasteiger charge is 2.30. The molecule has 2 aromatic heterocycles. The Morgan fingerprint density at radius 2 is 1.88 bits per heavy atom. The highest BCUT2D eigenvalue weighted by Crippen LogP contribution is 2.30. The van der Waals surface area contributed by atoms with Gasteiger partial charge < -0.3 is 10.1 Å². The van der Waals surface area contributed by atoms with E-state index >= 15 is 0 Å². The lowest BCUT2D eigenvalue weighted by Crippen LogP contribution is -2.23. The van der Waals surface area contributed by atoms with Gasteiger partial charge in [-0.3, -0.25) is 9.78 Å². The van der Waals surface area contributed by atoms with Crippen LogP contribution in [0.5, 0.6) is 5.75 Å². The first-order chi connectivity index (χ1) is 16.3. The maximum atomic E-state index is 13.0. The van der Waals surface area contributed by atoms with Crippen LogP contribution in [0.2, 0.25) is 0 Å². The predicted octanol–water partition coefficient (Wildman–Crippen LogP) is 5.10. The van der Waals surface area contributed by atoms with Gasteiger partial charge in [0.05, 0.1) is 34.4 Å². The topological polar surface area (TPSA) is 69.0 Å². The summed E-state index contributed by atoms with van der Waals surface area (Å²) >= 11 is 0. The number of ether oxygens (including phenoxy) is 1. The highest BCUT2D eigenvalue weighted by molar-refractivity contribution is 5.95. The van der Waals surface area contributed by atoms with E-state index in [9.17, 15) is 18.0 Å². The minimum absolute atomic E-state index is 0.226. The van der Waals surface area contributed by atoms with E-state index in [4.69, 9.17) is 4.74 Å². The molecule has 34 heavy (non-hydrogen) atoms. The molecule has 1 N–H and O–H groups in total. The van der Waals surface area contributed by atoms with Gasteiger partial charge in [-0.1, -0.05) is 24.3 Å². The molecule has 2 aromatic carbocycles. The number of benzene rings is 2. The molecule has 174 valence electrons. The van der Waals surface area contributed by atoms with Crippen LogP contribution in [0.25, 0.3) is 5.69 Å². The quantitative estimate of drug-likeness (QED) is 0.411. The Kier molecular flexibility index (Phi) is 6.62.